The van der Waals surface area contributed by atoms with E-state index in [0.717, 1.165) is 27.7 Å². The van der Waals surface area contributed by atoms with Crippen LogP contribution in [0.25, 0.3) is 61.3 Å². The molecule has 0 saturated carbocycles. The molecule has 5 heteroatoms. The van der Waals surface area contributed by atoms with E-state index in [0.29, 0.717) is 39.2 Å². The Balaban J connectivity index is 0.000000236. The molecule has 0 aliphatic rings. The molecule has 0 unspecified atom stereocenters. The molecule has 0 N–H and O–H groups in total. The number of furan rings is 1. The summed E-state index contributed by atoms with van der Waals surface area (Å²) in [7, 11) is 0. The summed E-state index contributed by atoms with van der Waals surface area (Å²) in [5, 5.41) is 1.37. The molecule has 0 spiro atoms. The topological polar surface area (TPSA) is 43.9 Å². The van der Waals surface area contributed by atoms with Crippen molar-refractivity contribution in [3.63, 3.8) is 0 Å². The minimum absolute atomic E-state index is 0. The molecular weight excluding hydrogens is 815 g/mol. The summed E-state index contributed by atoms with van der Waals surface area (Å²) in [6, 6.07) is 39.2. The number of pyridine rings is 1. The molecule has 8 aromatic rings. The van der Waals surface area contributed by atoms with Gasteiger partial charge < -0.3 is 14.0 Å². The maximum Gasteiger partial charge on any atom is 0.120 e. The summed E-state index contributed by atoms with van der Waals surface area (Å²) >= 11 is 0. The van der Waals surface area contributed by atoms with Gasteiger partial charge in [0.25, 0.3) is 0 Å². The van der Waals surface area contributed by atoms with Gasteiger partial charge in [-0.15, -0.1) is 53.6 Å². The Hall–Kier alpha value is -4.83. The molecule has 4 nitrogen and oxygen atoms in total. The molecule has 5 aromatic carbocycles. The Kier molecular flexibility index (Phi) is 8.51. The van der Waals surface area contributed by atoms with Crippen LogP contribution in [-0.4, -0.2) is 14.5 Å². The van der Waals surface area contributed by atoms with Gasteiger partial charge in [-0.1, -0.05) is 114 Å². The Morgan fingerprint density at radius 2 is 1.48 bits per heavy atom. The van der Waals surface area contributed by atoms with Crippen LogP contribution in [0.15, 0.2) is 114 Å². The predicted molar refractivity (Wildman–Crippen MR) is 213 cm³/mol. The van der Waals surface area contributed by atoms with E-state index in [1.165, 1.54) is 17.3 Å². The average molecular weight is 867 g/mol. The SMILES string of the molecule is [2H]C([2H])([2H])c1c[c-]c(-c2nc3ccccc3n2-c2c(C(C)C)cccc2C(C)C)c2oc3ccccc3c12.[2H]C([2H])([2H])c1cnc(-c2[c-]cccc2)cc1C([2H])(C)C.[Ir]. The van der Waals surface area contributed by atoms with E-state index >= 15 is 0 Å². The van der Waals surface area contributed by atoms with Crippen LogP contribution in [0.1, 0.15) is 96.7 Å². The van der Waals surface area contributed by atoms with Gasteiger partial charge in [-0.3, -0.25) is 4.98 Å². The minimum atomic E-state index is -2.31. The first-order valence-electron chi connectivity index (χ1n) is 20.8. The number of hydrogen-bond donors (Lipinski definition) is 0. The molecule has 0 amide bonds. The average Bonchev–Trinajstić information content (AvgIpc) is 3.76. The van der Waals surface area contributed by atoms with Gasteiger partial charge >= 0.3 is 0 Å². The molecule has 0 aliphatic heterocycles. The van der Waals surface area contributed by atoms with Gasteiger partial charge in [-0.2, -0.15) is 0 Å². The number of aryl methyl sites for hydroxylation is 2. The van der Waals surface area contributed by atoms with E-state index in [1.807, 2.05) is 60.7 Å². The van der Waals surface area contributed by atoms with Crippen molar-refractivity contribution < 1.29 is 34.1 Å². The molecule has 3 heterocycles. The second kappa shape index (κ2) is 15.4. The molecule has 265 valence electrons. The zero-order chi connectivity index (χ0) is 41.7. The third-order valence-corrected chi connectivity index (χ3v) is 9.23. The van der Waals surface area contributed by atoms with Crippen LogP contribution < -0.4 is 0 Å². The third kappa shape index (κ3) is 6.88. The van der Waals surface area contributed by atoms with Crippen molar-refractivity contribution in [2.75, 3.05) is 0 Å². The van der Waals surface area contributed by atoms with Crippen molar-refractivity contribution >= 4 is 33.0 Å². The summed E-state index contributed by atoms with van der Waals surface area (Å²) in [6.07, 6.45) is 1.36. The number of para-hydroxylation sites is 4. The Labute approximate surface area is 331 Å². The van der Waals surface area contributed by atoms with Crippen molar-refractivity contribution in [3.8, 4) is 28.3 Å². The van der Waals surface area contributed by atoms with Crippen LogP contribution in [0.3, 0.4) is 0 Å². The van der Waals surface area contributed by atoms with E-state index in [-0.39, 0.29) is 43.1 Å². The van der Waals surface area contributed by atoms with Gasteiger partial charge in [-0.25, -0.2) is 0 Å². The van der Waals surface area contributed by atoms with Crippen molar-refractivity contribution in [2.45, 2.75) is 73.0 Å². The van der Waals surface area contributed by atoms with Crippen molar-refractivity contribution in [3.05, 3.63) is 149 Å². The molecule has 3 aromatic heterocycles. The zero-order valence-electron chi connectivity index (χ0n) is 37.1. The molecule has 0 fully saturated rings. The van der Waals surface area contributed by atoms with Gasteiger partial charge in [0.2, 0.25) is 0 Å². The first kappa shape index (κ1) is 28.7. The predicted octanol–water partition coefficient (Wildman–Crippen LogP) is 12.9. The summed E-state index contributed by atoms with van der Waals surface area (Å²) in [6.45, 7) is 7.60. The van der Waals surface area contributed by atoms with Crippen LogP contribution in [0.2, 0.25) is 0 Å². The zero-order valence-corrected chi connectivity index (χ0v) is 32.5. The molecular formula is C47H45IrN3O-2. The van der Waals surface area contributed by atoms with Gasteiger partial charge in [0, 0.05) is 47.0 Å². The Morgan fingerprint density at radius 1 is 0.769 bits per heavy atom. The van der Waals surface area contributed by atoms with Crippen LogP contribution in [0.4, 0.5) is 0 Å². The van der Waals surface area contributed by atoms with E-state index in [9.17, 15) is 0 Å². The number of benzene rings is 5. The monoisotopic (exact) mass is 867 g/mol. The van der Waals surface area contributed by atoms with Crippen molar-refractivity contribution in [1.82, 2.24) is 14.5 Å². The number of rotatable bonds is 6. The standard InChI is InChI=1S/C32H29N2O.C15H16N.Ir/c1-19(2)22-12-10-13-23(20(3)4)30(22)34-27-15-8-7-14-26(27)33-32(34)25-18-17-21(5)29-24-11-6-9-16-28(24)35-31(25)29;1-11(2)14-9-15(16-10-12(14)3)13-7-5-4-6-8-13;/h6-17,19-20H,1-5H3;4-7,9-11H,1-3H3;/q2*-1;/i5D3;3D3,11D;. The van der Waals surface area contributed by atoms with E-state index < -0.39 is 19.6 Å². The van der Waals surface area contributed by atoms with E-state index in [2.05, 4.69) is 73.6 Å². The second-order valence-electron chi connectivity index (χ2n) is 13.6. The van der Waals surface area contributed by atoms with E-state index in [4.69, 9.17) is 19.0 Å². The summed E-state index contributed by atoms with van der Waals surface area (Å²) < 4.78 is 64.1. The van der Waals surface area contributed by atoms with Crippen LogP contribution in [0.5, 0.6) is 0 Å². The number of imidazole rings is 1. The van der Waals surface area contributed by atoms with Crippen LogP contribution >= 0.6 is 0 Å². The van der Waals surface area contributed by atoms with Gasteiger partial charge in [0.05, 0.1) is 22.4 Å². The molecule has 0 bridgehead atoms. The van der Waals surface area contributed by atoms with Crippen LogP contribution in [0, 0.1) is 25.8 Å². The quantitative estimate of drug-likeness (QED) is 0.156. The number of nitrogens with zero attached hydrogens (tertiary/aromatic N) is 3. The molecule has 0 saturated heterocycles. The third-order valence-electron chi connectivity index (χ3n) is 9.23. The first-order chi connectivity index (χ1) is 27.4. The number of hydrogen-bond acceptors (Lipinski definition) is 3. The fourth-order valence-corrected chi connectivity index (χ4v) is 6.70. The molecule has 0 aliphatic carbocycles. The Morgan fingerprint density at radius 3 is 2.17 bits per heavy atom. The molecule has 8 rings (SSSR count). The molecule has 0 atom stereocenters. The fourth-order valence-electron chi connectivity index (χ4n) is 6.70. The summed E-state index contributed by atoms with van der Waals surface area (Å²) in [5.74, 6) is 0.245. The normalized spacial score (nSPS) is 14.1. The maximum atomic E-state index is 8.21. The largest absolute Gasteiger partial charge is 0.501 e. The fraction of sp³-hybridized carbons (Fsp3) is 0.234. The van der Waals surface area contributed by atoms with Crippen LogP contribution in [-0.2, 0) is 20.1 Å². The summed E-state index contributed by atoms with van der Waals surface area (Å²) in [4.78, 5) is 9.32. The van der Waals surface area contributed by atoms with Crippen molar-refractivity contribution in [2.24, 2.45) is 0 Å². The van der Waals surface area contributed by atoms with Gasteiger partial charge in [0.15, 0.2) is 0 Å². The first-order valence-corrected chi connectivity index (χ1v) is 17.3. The summed E-state index contributed by atoms with van der Waals surface area (Å²) in [5.41, 5.74) is 9.43. The second-order valence-corrected chi connectivity index (χ2v) is 13.6. The van der Waals surface area contributed by atoms with Gasteiger partial charge in [0.1, 0.15) is 5.58 Å². The smallest absolute Gasteiger partial charge is 0.120 e. The maximum absolute atomic E-state index is 8.21. The van der Waals surface area contributed by atoms with E-state index in [1.54, 1.807) is 32.0 Å². The van der Waals surface area contributed by atoms with Gasteiger partial charge in [-0.05, 0) is 70.7 Å². The molecule has 1 radical (unpaired) electrons. The molecule has 52 heavy (non-hydrogen) atoms. The number of aromatic nitrogens is 3. The Bertz CT molecular complexity index is 2730. The number of fused-ring (bicyclic) bond motifs is 4. The van der Waals surface area contributed by atoms with Crippen molar-refractivity contribution in [1.29, 1.82) is 0 Å². The minimum Gasteiger partial charge on any atom is -0.501 e.